The van der Waals surface area contributed by atoms with Crippen molar-refractivity contribution in [2.45, 2.75) is 19.3 Å². The Morgan fingerprint density at radius 2 is 1.89 bits per heavy atom. The van der Waals surface area contributed by atoms with E-state index in [1.807, 2.05) is 11.0 Å². The lowest BCUT2D eigenvalue weighted by Gasteiger charge is -2.31. The van der Waals surface area contributed by atoms with Gasteiger partial charge in [-0.25, -0.2) is 9.78 Å². The molecule has 2 aromatic heterocycles. The Hall–Kier alpha value is -3.35. The predicted octanol–water partition coefficient (Wildman–Crippen LogP) is 3.09. The molecule has 2 N–H and O–H groups in total. The SMILES string of the molecule is O=C(c1nc2cc3oc(=O)[nH]c3cc2[nH]1)N1CCC(Cc2ccccc2)CC1. The zero-order chi connectivity index (χ0) is 19.1. The number of aromatic amines is 2. The fourth-order valence-electron chi connectivity index (χ4n) is 3.99. The van der Waals surface area contributed by atoms with Gasteiger partial charge in [-0.2, -0.15) is 0 Å². The summed E-state index contributed by atoms with van der Waals surface area (Å²) in [4.78, 5) is 36.1. The molecule has 0 aliphatic carbocycles. The van der Waals surface area contributed by atoms with Crippen LogP contribution in [0.15, 0.2) is 51.7 Å². The third-order valence-electron chi connectivity index (χ3n) is 5.49. The first-order valence-corrected chi connectivity index (χ1v) is 9.51. The van der Waals surface area contributed by atoms with Crippen molar-refractivity contribution in [1.29, 1.82) is 0 Å². The number of benzene rings is 2. The zero-order valence-corrected chi connectivity index (χ0v) is 15.3. The quantitative estimate of drug-likeness (QED) is 0.574. The van der Waals surface area contributed by atoms with Gasteiger partial charge in [-0.1, -0.05) is 30.3 Å². The monoisotopic (exact) mass is 376 g/mol. The largest absolute Gasteiger partial charge is 0.417 e. The number of piperidine rings is 1. The van der Waals surface area contributed by atoms with Gasteiger partial charge in [-0.05, 0) is 36.8 Å². The molecule has 5 rings (SSSR count). The van der Waals surface area contributed by atoms with E-state index >= 15 is 0 Å². The fourth-order valence-corrected chi connectivity index (χ4v) is 3.99. The number of imidazole rings is 1. The van der Waals surface area contributed by atoms with Gasteiger partial charge < -0.3 is 14.3 Å². The Bertz CT molecular complexity index is 1140. The fraction of sp³-hybridized carbons (Fsp3) is 0.286. The summed E-state index contributed by atoms with van der Waals surface area (Å²) in [6, 6.07) is 13.9. The molecule has 0 unspecified atom stereocenters. The van der Waals surface area contributed by atoms with Crippen molar-refractivity contribution in [2.24, 2.45) is 5.92 Å². The highest BCUT2D eigenvalue weighted by Gasteiger charge is 2.25. The molecule has 7 heteroatoms. The number of fused-ring (bicyclic) bond motifs is 2. The van der Waals surface area contributed by atoms with Crippen LogP contribution in [0.3, 0.4) is 0 Å². The van der Waals surface area contributed by atoms with E-state index in [0.717, 1.165) is 32.4 Å². The first-order valence-electron chi connectivity index (χ1n) is 9.51. The summed E-state index contributed by atoms with van der Waals surface area (Å²) in [5.41, 5.74) is 3.68. The molecular weight excluding hydrogens is 356 g/mol. The number of carbonyl (C=O) groups excluding carboxylic acids is 1. The van der Waals surface area contributed by atoms with Crippen molar-refractivity contribution in [1.82, 2.24) is 19.9 Å². The van der Waals surface area contributed by atoms with Crippen LogP contribution >= 0.6 is 0 Å². The average Bonchev–Trinajstić information content (AvgIpc) is 3.28. The molecule has 1 fully saturated rings. The lowest BCUT2D eigenvalue weighted by Crippen LogP contribution is -2.39. The number of hydrogen-bond acceptors (Lipinski definition) is 4. The van der Waals surface area contributed by atoms with Crippen molar-refractivity contribution in [2.75, 3.05) is 13.1 Å². The van der Waals surface area contributed by atoms with Gasteiger partial charge in [0.25, 0.3) is 5.91 Å². The third-order valence-corrected chi connectivity index (χ3v) is 5.49. The number of oxazole rings is 1. The van der Waals surface area contributed by atoms with Crippen LogP contribution in [0.4, 0.5) is 0 Å². The van der Waals surface area contributed by atoms with E-state index in [4.69, 9.17) is 4.42 Å². The van der Waals surface area contributed by atoms with E-state index in [-0.39, 0.29) is 5.91 Å². The molecule has 7 nitrogen and oxygen atoms in total. The van der Waals surface area contributed by atoms with Gasteiger partial charge in [0.15, 0.2) is 11.4 Å². The molecule has 1 saturated heterocycles. The summed E-state index contributed by atoms with van der Waals surface area (Å²) in [7, 11) is 0. The number of H-pyrrole nitrogens is 2. The summed E-state index contributed by atoms with van der Waals surface area (Å²) in [6.07, 6.45) is 3.05. The third kappa shape index (κ3) is 3.09. The summed E-state index contributed by atoms with van der Waals surface area (Å²) in [5, 5.41) is 0. The molecule has 4 aromatic rings. The second kappa shape index (κ2) is 6.67. The van der Waals surface area contributed by atoms with Crippen LogP contribution < -0.4 is 5.76 Å². The molecule has 142 valence electrons. The van der Waals surface area contributed by atoms with Crippen LogP contribution in [-0.2, 0) is 6.42 Å². The number of amides is 1. The standard InChI is InChI=1S/C21H20N4O3/c26-20(25-8-6-14(7-9-25)10-13-4-2-1-3-5-13)19-22-15-11-17-18(12-16(15)23-19)28-21(27)24-17/h1-5,11-12,14H,6-10H2,(H,22,23)(H,24,27). The van der Waals surface area contributed by atoms with Crippen molar-refractivity contribution in [3.63, 3.8) is 0 Å². The van der Waals surface area contributed by atoms with Gasteiger partial charge in [0.2, 0.25) is 0 Å². The molecular formula is C21H20N4O3. The lowest BCUT2D eigenvalue weighted by molar-refractivity contribution is 0.0679. The molecule has 1 aliphatic heterocycles. The summed E-state index contributed by atoms with van der Waals surface area (Å²) in [6.45, 7) is 1.48. The number of aromatic nitrogens is 3. The molecule has 0 bridgehead atoms. The molecule has 0 atom stereocenters. The minimum absolute atomic E-state index is 0.0838. The Balaban J connectivity index is 1.29. The molecule has 28 heavy (non-hydrogen) atoms. The number of nitrogens with zero attached hydrogens (tertiary/aromatic N) is 2. The van der Waals surface area contributed by atoms with E-state index < -0.39 is 5.76 Å². The van der Waals surface area contributed by atoms with E-state index in [1.165, 1.54) is 5.56 Å². The van der Waals surface area contributed by atoms with Crippen molar-refractivity contribution in [3.8, 4) is 0 Å². The molecule has 2 aromatic carbocycles. The van der Waals surface area contributed by atoms with Crippen molar-refractivity contribution < 1.29 is 9.21 Å². The van der Waals surface area contributed by atoms with E-state index in [9.17, 15) is 9.59 Å². The maximum Gasteiger partial charge on any atom is 0.417 e. The Kier molecular flexibility index (Phi) is 4.00. The topological polar surface area (TPSA) is 95.0 Å². The Morgan fingerprint density at radius 1 is 1.11 bits per heavy atom. The summed E-state index contributed by atoms with van der Waals surface area (Å²) >= 11 is 0. The second-order valence-corrected chi connectivity index (χ2v) is 7.39. The van der Waals surface area contributed by atoms with Gasteiger partial charge >= 0.3 is 5.76 Å². The van der Waals surface area contributed by atoms with Crippen LogP contribution in [0.1, 0.15) is 29.0 Å². The molecule has 0 radical (unpaired) electrons. The van der Waals surface area contributed by atoms with Crippen LogP contribution in [0.2, 0.25) is 0 Å². The van der Waals surface area contributed by atoms with Gasteiger partial charge in [-0.15, -0.1) is 0 Å². The Labute approximate surface area is 160 Å². The molecule has 1 amide bonds. The number of likely N-dealkylation sites (tertiary alicyclic amines) is 1. The minimum atomic E-state index is -0.502. The van der Waals surface area contributed by atoms with Crippen LogP contribution in [0, 0.1) is 5.92 Å². The van der Waals surface area contributed by atoms with Gasteiger partial charge in [-0.3, -0.25) is 9.78 Å². The maximum absolute atomic E-state index is 12.9. The molecule has 3 heterocycles. The highest BCUT2D eigenvalue weighted by Crippen LogP contribution is 2.24. The highest BCUT2D eigenvalue weighted by atomic mass is 16.4. The molecule has 0 saturated carbocycles. The average molecular weight is 376 g/mol. The van der Waals surface area contributed by atoms with Gasteiger partial charge in [0.1, 0.15) is 0 Å². The van der Waals surface area contributed by atoms with Crippen molar-refractivity contribution in [3.05, 3.63) is 64.4 Å². The second-order valence-electron chi connectivity index (χ2n) is 7.39. The number of rotatable bonds is 3. The van der Waals surface area contributed by atoms with E-state index in [0.29, 0.717) is 33.9 Å². The first kappa shape index (κ1) is 16.8. The maximum atomic E-state index is 12.9. The van der Waals surface area contributed by atoms with E-state index in [2.05, 4.69) is 39.2 Å². The van der Waals surface area contributed by atoms with Crippen LogP contribution in [-0.4, -0.2) is 38.8 Å². The number of hydrogen-bond donors (Lipinski definition) is 2. The number of carbonyl (C=O) groups is 1. The first-order chi connectivity index (χ1) is 13.7. The van der Waals surface area contributed by atoms with Crippen molar-refractivity contribution >= 4 is 28.0 Å². The normalized spacial score (nSPS) is 15.5. The molecule has 1 aliphatic rings. The molecule has 0 spiro atoms. The van der Waals surface area contributed by atoms with Gasteiger partial charge in [0.05, 0.1) is 16.6 Å². The van der Waals surface area contributed by atoms with Crippen LogP contribution in [0.5, 0.6) is 0 Å². The number of nitrogens with one attached hydrogen (secondary N) is 2. The highest BCUT2D eigenvalue weighted by molar-refractivity contribution is 5.97. The minimum Gasteiger partial charge on any atom is -0.408 e. The van der Waals surface area contributed by atoms with Crippen LogP contribution in [0.25, 0.3) is 22.1 Å². The smallest absolute Gasteiger partial charge is 0.408 e. The summed E-state index contributed by atoms with van der Waals surface area (Å²) < 4.78 is 5.06. The summed E-state index contributed by atoms with van der Waals surface area (Å²) in [5.74, 6) is 0.342. The predicted molar refractivity (Wildman–Crippen MR) is 105 cm³/mol. The Morgan fingerprint density at radius 3 is 2.68 bits per heavy atom. The lowest BCUT2D eigenvalue weighted by atomic mass is 9.90. The van der Waals surface area contributed by atoms with E-state index in [1.54, 1.807) is 12.1 Å². The van der Waals surface area contributed by atoms with Gasteiger partial charge in [0, 0.05) is 19.2 Å². The zero-order valence-electron chi connectivity index (χ0n) is 15.3.